The average molecular weight is 1220 g/mol. The van der Waals surface area contributed by atoms with E-state index >= 15 is 0 Å². The molecular weight excluding hydrogens is 1130 g/mol. The summed E-state index contributed by atoms with van der Waals surface area (Å²) < 4.78 is 34.6. The second kappa shape index (κ2) is 62.1. The maximum absolute atomic E-state index is 11.7. The summed E-state index contributed by atoms with van der Waals surface area (Å²) in [6.07, 6.45) is 22.4. The van der Waals surface area contributed by atoms with Crippen LogP contribution in [0, 0.1) is 0 Å². The Bertz CT molecular complexity index is 1680. The molecule has 27 heteroatoms. The number of esters is 4. The minimum atomic E-state index is -0.485. The summed E-state index contributed by atoms with van der Waals surface area (Å²) in [5.41, 5.74) is 10.1. The lowest BCUT2D eigenvalue weighted by Crippen LogP contribution is -2.24. The highest BCUT2D eigenvalue weighted by atomic mass is 33.1. The predicted octanol–water partition coefficient (Wildman–Crippen LogP) is 6.67. The number of carbonyl (C=O) groups excluding carboxylic acids is 7. The van der Waals surface area contributed by atoms with Crippen LogP contribution in [0.2, 0.25) is 0 Å². The molecule has 0 heterocycles. The first kappa shape index (κ1) is 78.1. The van der Waals surface area contributed by atoms with Crippen LogP contribution in [0.15, 0.2) is 61.7 Å². The molecule has 0 aromatic heterocycles. The molecule has 0 bridgehead atoms. The van der Waals surface area contributed by atoms with Crippen molar-refractivity contribution in [1.82, 2.24) is 26.6 Å². The molecule has 0 atom stereocenters. The number of methoxy groups -OCH3 is 3. The smallest absolute Gasteiger partial charge is 0.332 e. The standard InChI is InChI=1S/C21H36N2O6S2.C16H29N3O4S2.C14H26N2O4S2/c1-21(2,3)29-20(26)10-11-22-12-16-30-31-17-13-23-18(24)8-7-15-28-14-6-5-9-19(25)27-4;1-22-16(21)6-2-3-11-23-12-4-5-15(20)19-10-14-25-24-13-9-18-8-7-17;1-19-14(18)6-2-3-9-20-10-4-5-13(17)16-8-12-22-21-11-7-15/h7,10-11,15,22H,5-6,8-9,12-14,16-17H2,1-4H3,(H,23,24);4,7-8,12,18H,2-3,5-6,9-11,13-14,17H2,1H3,(H,19,20);4,10H,2-3,5-9,11-12,15H2,1H3,(H,16,17). The van der Waals surface area contributed by atoms with Crippen LogP contribution >= 0.6 is 64.8 Å². The van der Waals surface area contributed by atoms with E-state index in [-0.39, 0.29) is 48.0 Å². The molecule has 0 aromatic carbocycles. The van der Waals surface area contributed by atoms with Crippen LogP contribution in [0.25, 0.3) is 0 Å². The summed E-state index contributed by atoms with van der Waals surface area (Å²) >= 11 is 0. The van der Waals surface area contributed by atoms with Gasteiger partial charge in [0.15, 0.2) is 0 Å². The third-order valence-electron chi connectivity index (χ3n) is 8.44. The molecule has 450 valence electrons. The first-order valence-corrected chi connectivity index (χ1v) is 33.1. The summed E-state index contributed by atoms with van der Waals surface area (Å²) in [6, 6.07) is 0. The number of amides is 3. The minimum Gasteiger partial charge on any atom is -0.502 e. The van der Waals surface area contributed by atoms with E-state index in [1.165, 1.54) is 52.4 Å². The molecule has 9 N–H and O–H groups in total. The Balaban J connectivity index is -0.00000110. The fourth-order valence-corrected chi connectivity index (χ4v) is 10.2. The molecule has 0 aliphatic rings. The SMILES string of the molecule is COC(=O)CCCCOC=CCC(=O)NCCSSCCN.COC(=O)CCCCOC=CCC(=O)NCCSSCCNC=CC(=O)OC(C)(C)C.COC(=O)CCCCOC=CCC(=O)NCCSSCCNC=CN. The Morgan fingerprint density at radius 1 is 0.474 bits per heavy atom. The van der Waals surface area contributed by atoms with Gasteiger partial charge in [-0.05, 0) is 77.5 Å². The van der Waals surface area contributed by atoms with E-state index in [9.17, 15) is 33.6 Å². The number of ether oxygens (including phenoxy) is 7. The Hall–Kier alpha value is -4.15. The molecule has 0 aromatic rings. The number of hydrogen-bond acceptors (Lipinski definition) is 24. The summed E-state index contributed by atoms with van der Waals surface area (Å²) in [4.78, 5) is 78.9. The van der Waals surface area contributed by atoms with Gasteiger partial charge in [-0.2, -0.15) is 0 Å². The first-order valence-electron chi connectivity index (χ1n) is 25.6. The lowest BCUT2D eigenvalue weighted by molar-refractivity contribution is -0.148. The molecule has 78 heavy (non-hydrogen) atoms. The highest BCUT2D eigenvalue weighted by molar-refractivity contribution is 8.77. The minimum absolute atomic E-state index is 0.0185. The van der Waals surface area contributed by atoms with E-state index in [1.54, 1.807) is 95.4 Å². The van der Waals surface area contributed by atoms with Gasteiger partial charge in [0, 0.05) is 137 Å². The van der Waals surface area contributed by atoms with E-state index in [4.69, 9.17) is 30.4 Å². The van der Waals surface area contributed by atoms with Gasteiger partial charge in [-0.25, -0.2) is 4.79 Å². The van der Waals surface area contributed by atoms with Crippen molar-refractivity contribution >= 4 is 106 Å². The number of nitrogens with one attached hydrogen (secondary N) is 5. The lowest BCUT2D eigenvalue weighted by atomic mass is 10.2. The van der Waals surface area contributed by atoms with Crippen molar-refractivity contribution < 1.29 is 66.7 Å². The average Bonchev–Trinajstić information content (AvgIpc) is 3.41. The molecule has 0 aliphatic carbocycles. The third kappa shape index (κ3) is 69.9. The van der Waals surface area contributed by atoms with Crippen molar-refractivity contribution in [2.24, 2.45) is 11.5 Å². The topological polar surface area (TPSA) is 296 Å². The van der Waals surface area contributed by atoms with Gasteiger partial charge in [-0.15, -0.1) is 0 Å². The van der Waals surface area contributed by atoms with Crippen LogP contribution < -0.4 is 38.1 Å². The molecule has 3 amide bonds. The maximum Gasteiger partial charge on any atom is 0.332 e. The van der Waals surface area contributed by atoms with E-state index < -0.39 is 5.60 Å². The fourth-order valence-electron chi connectivity index (χ4n) is 4.76. The normalized spacial score (nSPS) is 11.1. The Labute approximate surface area is 488 Å². The van der Waals surface area contributed by atoms with Gasteiger partial charge in [-0.1, -0.05) is 64.8 Å². The summed E-state index contributed by atoms with van der Waals surface area (Å²) in [5.74, 6) is 4.24. The third-order valence-corrected chi connectivity index (χ3v) is 15.7. The van der Waals surface area contributed by atoms with E-state index in [0.717, 1.165) is 86.1 Å². The van der Waals surface area contributed by atoms with Crippen LogP contribution in [0.3, 0.4) is 0 Å². The zero-order valence-electron chi connectivity index (χ0n) is 46.7. The quantitative estimate of drug-likeness (QED) is 0.00836. The van der Waals surface area contributed by atoms with Gasteiger partial charge in [0.05, 0.1) is 59.9 Å². The summed E-state index contributed by atoms with van der Waals surface area (Å²) in [7, 11) is 14.4. The summed E-state index contributed by atoms with van der Waals surface area (Å²) in [6.45, 7) is 11.2. The van der Waals surface area contributed by atoms with E-state index in [1.807, 2.05) is 20.8 Å². The molecular formula is C51H91N7O14S6. The molecule has 0 saturated heterocycles. The van der Waals surface area contributed by atoms with Gasteiger partial charge in [0.1, 0.15) is 5.60 Å². The van der Waals surface area contributed by atoms with E-state index in [0.29, 0.717) is 78.1 Å². The number of carbonyl (C=O) groups is 7. The number of unbranched alkanes of at least 4 members (excludes halogenated alkanes) is 3. The number of nitrogens with two attached hydrogens (primary N) is 2. The molecule has 0 spiro atoms. The second-order valence-electron chi connectivity index (χ2n) is 16.3. The monoisotopic (exact) mass is 1220 g/mol. The van der Waals surface area contributed by atoms with Crippen LogP contribution in [0.1, 0.15) is 97.8 Å². The molecule has 0 unspecified atom stereocenters. The number of rotatable bonds is 47. The van der Waals surface area contributed by atoms with Crippen LogP contribution in [-0.2, 0) is 66.7 Å². The highest BCUT2D eigenvalue weighted by Gasteiger charge is 2.13. The van der Waals surface area contributed by atoms with Crippen LogP contribution in [0.4, 0.5) is 0 Å². The predicted molar refractivity (Wildman–Crippen MR) is 324 cm³/mol. The van der Waals surface area contributed by atoms with Crippen molar-refractivity contribution in [3.05, 3.63) is 61.7 Å². The second-order valence-corrected chi connectivity index (χ2v) is 24.5. The van der Waals surface area contributed by atoms with Crippen molar-refractivity contribution in [1.29, 1.82) is 0 Å². The van der Waals surface area contributed by atoms with Crippen LogP contribution in [-0.4, -0.2) is 162 Å². The van der Waals surface area contributed by atoms with Gasteiger partial charge in [0.25, 0.3) is 0 Å². The van der Waals surface area contributed by atoms with Crippen molar-refractivity contribution in [2.75, 3.05) is 115 Å². The maximum atomic E-state index is 11.7. The van der Waals surface area contributed by atoms with Gasteiger partial charge >= 0.3 is 23.9 Å². The van der Waals surface area contributed by atoms with Crippen LogP contribution in [0.5, 0.6) is 0 Å². The van der Waals surface area contributed by atoms with Crippen molar-refractivity contribution in [3.63, 3.8) is 0 Å². The van der Waals surface area contributed by atoms with Gasteiger partial charge in [-0.3, -0.25) is 28.8 Å². The molecule has 0 radical (unpaired) electrons. The molecule has 0 rings (SSSR count). The Morgan fingerprint density at radius 2 is 0.808 bits per heavy atom. The lowest BCUT2D eigenvalue weighted by Gasteiger charge is -2.17. The molecule has 0 aliphatic heterocycles. The van der Waals surface area contributed by atoms with Crippen molar-refractivity contribution in [3.8, 4) is 0 Å². The largest absolute Gasteiger partial charge is 0.502 e. The van der Waals surface area contributed by atoms with E-state index in [2.05, 4.69) is 40.8 Å². The van der Waals surface area contributed by atoms with Gasteiger partial charge in [0.2, 0.25) is 17.7 Å². The Kier molecular flexibility index (Phi) is 62.1. The molecule has 0 saturated carbocycles. The zero-order valence-corrected chi connectivity index (χ0v) is 51.6. The zero-order chi connectivity index (χ0) is 58.4. The number of hydrogen-bond donors (Lipinski definition) is 7. The fraction of sp³-hybridized carbons (Fsp3) is 0.667. The first-order chi connectivity index (χ1) is 37.6. The molecule has 0 fully saturated rings. The van der Waals surface area contributed by atoms with Gasteiger partial charge < -0.3 is 71.2 Å². The summed E-state index contributed by atoms with van der Waals surface area (Å²) in [5, 5.41) is 14.6. The molecule has 21 nitrogen and oxygen atoms in total. The Morgan fingerprint density at radius 3 is 1.13 bits per heavy atom. The van der Waals surface area contributed by atoms with Crippen molar-refractivity contribution in [2.45, 2.75) is 103 Å². The highest BCUT2D eigenvalue weighted by Crippen LogP contribution is 2.20.